The average molecular weight is 773 g/mol. The van der Waals surface area contributed by atoms with Gasteiger partial charge in [0.05, 0.1) is 56.7 Å². The van der Waals surface area contributed by atoms with Crippen LogP contribution in [0.15, 0.2) is 158 Å². The third kappa shape index (κ3) is 6.14. The zero-order valence-electron chi connectivity index (χ0n) is 32.7. The first-order chi connectivity index (χ1) is 28.8. The summed E-state index contributed by atoms with van der Waals surface area (Å²) >= 11 is 0. The van der Waals surface area contributed by atoms with E-state index in [4.69, 9.17) is 29.4 Å². The Hall–Kier alpha value is -7.06. The number of aromatic nitrogens is 4. The predicted molar refractivity (Wildman–Crippen MR) is 228 cm³/mol. The molecule has 59 heavy (non-hydrogen) atoms. The fourth-order valence-corrected chi connectivity index (χ4v) is 9.57. The summed E-state index contributed by atoms with van der Waals surface area (Å²) < 4.78 is 12.1. The lowest BCUT2D eigenvalue weighted by molar-refractivity contribution is -0.139. The van der Waals surface area contributed by atoms with Gasteiger partial charge in [0.15, 0.2) is 0 Å². The summed E-state index contributed by atoms with van der Waals surface area (Å²) in [7, 11) is 0. The number of fused-ring (bicyclic) bond motifs is 8. The second-order valence-electron chi connectivity index (χ2n) is 15.9. The third-order valence-electron chi connectivity index (χ3n) is 12.1. The highest BCUT2D eigenvalue weighted by molar-refractivity contribution is 5.88. The molecule has 0 saturated carbocycles. The molecular weight excluding hydrogens is 733 g/mol. The van der Waals surface area contributed by atoms with Gasteiger partial charge < -0.3 is 9.47 Å². The number of para-hydroxylation sites is 6. The van der Waals surface area contributed by atoms with Crippen molar-refractivity contribution >= 4 is 34.0 Å². The van der Waals surface area contributed by atoms with Gasteiger partial charge in [0.25, 0.3) is 0 Å². The van der Waals surface area contributed by atoms with Crippen LogP contribution in [0.4, 0.5) is 0 Å². The van der Waals surface area contributed by atoms with E-state index < -0.39 is 22.7 Å². The fourth-order valence-electron chi connectivity index (χ4n) is 9.57. The van der Waals surface area contributed by atoms with Crippen LogP contribution in [0.2, 0.25) is 0 Å². The van der Waals surface area contributed by atoms with Crippen LogP contribution < -0.4 is 9.47 Å². The molecule has 0 spiro atoms. The average Bonchev–Trinajstić information content (AvgIpc) is 3.67. The van der Waals surface area contributed by atoms with Crippen molar-refractivity contribution in [1.82, 2.24) is 19.9 Å². The van der Waals surface area contributed by atoms with Crippen molar-refractivity contribution in [2.75, 3.05) is 0 Å². The molecule has 2 heterocycles. The molecule has 8 aromatic rings. The normalized spacial score (nSPS) is 18.3. The van der Waals surface area contributed by atoms with Crippen molar-refractivity contribution in [3.63, 3.8) is 0 Å². The molecule has 0 radical (unpaired) electrons. The lowest BCUT2D eigenvalue weighted by Gasteiger charge is -2.43. The Morgan fingerprint density at radius 1 is 0.458 bits per heavy atom. The number of nitrogens with zero attached hydrogens (tertiary/aromatic N) is 4. The van der Waals surface area contributed by atoms with E-state index in [1.165, 1.54) is 0 Å². The molecule has 2 aromatic heterocycles. The third-order valence-corrected chi connectivity index (χ3v) is 12.1. The summed E-state index contributed by atoms with van der Waals surface area (Å²) in [5, 5.41) is 0. The molecule has 0 fully saturated rings. The number of carbonyl (C=O) groups excluding carboxylic acids is 2. The second kappa shape index (κ2) is 14.4. The summed E-state index contributed by atoms with van der Waals surface area (Å²) in [6, 6.07) is 50.8. The molecular formula is C51H40N4O4. The first-order valence-corrected chi connectivity index (χ1v) is 20.1. The molecule has 2 aliphatic carbocycles. The van der Waals surface area contributed by atoms with Crippen molar-refractivity contribution in [2.24, 2.45) is 11.8 Å². The van der Waals surface area contributed by atoms with E-state index in [1.807, 2.05) is 123 Å². The molecule has 0 bridgehead atoms. The first-order valence-electron chi connectivity index (χ1n) is 20.1. The molecule has 3 unspecified atom stereocenters. The lowest BCUT2D eigenvalue weighted by Crippen LogP contribution is -2.42. The number of carbonyl (C=O) groups is 2. The highest BCUT2D eigenvalue weighted by atomic mass is 16.5. The van der Waals surface area contributed by atoms with Gasteiger partial charge in [0.2, 0.25) is 0 Å². The minimum absolute atomic E-state index is 0.345. The van der Waals surface area contributed by atoms with E-state index in [9.17, 15) is 9.59 Å². The Morgan fingerprint density at radius 3 is 1.20 bits per heavy atom. The van der Waals surface area contributed by atoms with Gasteiger partial charge in [-0.05, 0) is 78.9 Å². The number of hydrogen-bond donors (Lipinski definition) is 0. The first kappa shape index (κ1) is 36.3. The van der Waals surface area contributed by atoms with Gasteiger partial charge >= 0.3 is 11.9 Å². The quantitative estimate of drug-likeness (QED) is 0.1000. The summed E-state index contributed by atoms with van der Waals surface area (Å²) in [6.07, 6.45) is 1.09. The zero-order valence-corrected chi connectivity index (χ0v) is 32.7. The largest absolute Gasteiger partial charge is 0.426 e. The van der Waals surface area contributed by atoms with Crippen molar-refractivity contribution < 1.29 is 19.1 Å². The van der Waals surface area contributed by atoms with Gasteiger partial charge in [-0.25, -0.2) is 19.9 Å². The minimum Gasteiger partial charge on any atom is -0.426 e. The highest BCUT2D eigenvalue weighted by Gasteiger charge is 2.57. The summed E-state index contributed by atoms with van der Waals surface area (Å²) in [5.74, 6) is -0.888. The molecule has 288 valence electrons. The van der Waals surface area contributed by atoms with Gasteiger partial charge in [-0.2, -0.15) is 0 Å². The van der Waals surface area contributed by atoms with E-state index >= 15 is 0 Å². The van der Waals surface area contributed by atoms with Gasteiger partial charge in [-0.15, -0.1) is 0 Å². The molecule has 0 saturated heterocycles. The Bertz CT molecular complexity index is 2720. The lowest BCUT2D eigenvalue weighted by atomic mass is 9.60. The van der Waals surface area contributed by atoms with E-state index in [0.29, 0.717) is 30.8 Å². The molecule has 0 aliphatic heterocycles. The van der Waals surface area contributed by atoms with Crippen LogP contribution in [0.5, 0.6) is 11.5 Å². The number of esters is 2. The molecule has 6 aromatic carbocycles. The molecule has 4 atom stereocenters. The predicted octanol–water partition coefficient (Wildman–Crippen LogP) is 10.5. The smallest absolute Gasteiger partial charge is 0.314 e. The Labute approximate surface area is 342 Å². The maximum Gasteiger partial charge on any atom is 0.314 e. The van der Waals surface area contributed by atoms with Crippen molar-refractivity contribution in [3.8, 4) is 34.0 Å². The zero-order chi connectivity index (χ0) is 40.1. The standard InChI is InChI=1S/C51H40N4O4/c1-32(48(56)58-34-17-5-3-6-18-34)29-50(38-23-11-9-21-36(38)44-46(50)54-42-27-15-13-25-40(42)52-44)31-51(30-33(2)49(57)59-35-19-7-4-8-20-35)39-24-12-10-22-37(39)45-47(51)55-43-28-16-14-26-41(43)53-45/h3-28,32-33H,29-31H2,1-2H3/t32?,33?,50-,51?/m0/s1. The topological polar surface area (TPSA) is 104 Å². The fraction of sp³-hybridized carbons (Fsp3) is 0.176. The van der Waals surface area contributed by atoms with Crippen LogP contribution >= 0.6 is 0 Å². The van der Waals surface area contributed by atoms with Crippen LogP contribution in [-0.2, 0) is 20.4 Å². The van der Waals surface area contributed by atoms with Gasteiger partial charge in [0.1, 0.15) is 11.5 Å². The summed E-state index contributed by atoms with van der Waals surface area (Å²) in [4.78, 5) is 50.0. The molecule has 8 heteroatoms. The van der Waals surface area contributed by atoms with Crippen LogP contribution in [0, 0.1) is 11.8 Å². The van der Waals surface area contributed by atoms with E-state index in [-0.39, 0.29) is 11.9 Å². The van der Waals surface area contributed by atoms with Crippen molar-refractivity contribution in [2.45, 2.75) is 43.9 Å². The van der Waals surface area contributed by atoms with Crippen molar-refractivity contribution in [3.05, 3.63) is 180 Å². The molecule has 10 rings (SSSR count). The summed E-state index contributed by atoms with van der Waals surface area (Å²) in [6.45, 7) is 3.86. The number of benzene rings is 6. The van der Waals surface area contributed by atoms with E-state index in [0.717, 1.165) is 67.1 Å². The second-order valence-corrected chi connectivity index (χ2v) is 15.9. The molecule has 8 nitrogen and oxygen atoms in total. The SMILES string of the molecule is CC(CC1(C[C@@]2(CC(C)C(=O)Oc3ccccc3)c3ccccc3-c3nc4ccccc4nc32)c2ccccc2-c2nc3ccccc3nc21)C(=O)Oc1ccccc1. The molecule has 0 N–H and O–H groups in total. The van der Waals surface area contributed by atoms with Gasteiger partial charge in [-0.3, -0.25) is 9.59 Å². The number of ether oxygens (including phenoxy) is 2. The van der Waals surface area contributed by atoms with Gasteiger partial charge in [0, 0.05) is 22.0 Å². The molecule has 0 amide bonds. The summed E-state index contributed by atoms with van der Waals surface area (Å²) in [5.41, 5.74) is 8.37. The van der Waals surface area contributed by atoms with Crippen LogP contribution in [0.1, 0.15) is 55.6 Å². The maximum absolute atomic E-state index is 14.2. The number of hydrogen-bond acceptors (Lipinski definition) is 8. The van der Waals surface area contributed by atoms with Crippen molar-refractivity contribution in [1.29, 1.82) is 0 Å². The van der Waals surface area contributed by atoms with Crippen LogP contribution in [0.25, 0.3) is 44.6 Å². The van der Waals surface area contributed by atoms with Gasteiger partial charge in [-0.1, -0.05) is 123 Å². The Balaban J connectivity index is 1.21. The Kier molecular flexibility index (Phi) is 8.86. The Morgan fingerprint density at radius 2 is 0.797 bits per heavy atom. The highest BCUT2D eigenvalue weighted by Crippen LogP contribution is 2.62. The van der Waals surface area contributed by atoms with Crippen LogP contribution in [0.3, 0.4) is 0 Å². The van der Waals surface area contributed by atoms with Crippen LogP contribution in [-0.4, -0.2) is 31.9 Å². The minimum atomic E-state index is -0.914. The number of rotatable bonds is 10. The monoisotopic (exact) mass is 772 g/mol. The van der Waals surface area contributed by atoms with E-state index in [2.05, 4.69) is 24.3 Å². The molecule has 2 aliphatic rings. The van der Waals surface area contributed by atoms with E-state index in [1.54, 1.807) is 24.3 Å². The maximum atomic E-state index is 14.2.